The monoisotopic (exact) mass is 366 g/mol. The largest absolute Gasteiger partial charge is 0.487 e. The highest BCUT2D eigenvalue weighted by atomic mass is 35.5. The molecule has 0 aliphatic heterocycles. The number of alkyl halides is 2. The number of sulfone groups is 1. The van der Waals surface area contributed by atoms with E-state index in [1.54, 1.807) is 18.2 Å². The Bertz CT molecular complexity index is 762. The van der Waals surface area contributed by atoms with Crippen LogP contribution in [0.5, 0.6) is 5.75 Å². The Hall–Kier alpha value is -1.37. The summed E-state index contributed by atoms with van der Waals surface area (Å²) >= 11 is 11.8. The van der Waals surface area contributed by atoms with Gasteiger partial charge < -0.3 is 4.74 Å². The molecule has 0 saturated carbocycles. The zero-order chi connectivity index (χ0) is 16.3. The molecule has 0 radical (unpaired) electrons. The summed E-state index contributed by atoms with van der Waals surface area (Å²) in [7, 11) is -4.59. The van der Waals surface area contributed by atoms with Gasteiger partial charge in [-0.3, -0.25) is 0 Å². The van der Waals surface area contributed by atoms with E-state index in [0.717, 1.165) is 12.1 Å². The third-order valence-electron chi connectivity index (χ3n) is 2.80. The van der Waals surface area contributed by atoms with Gasteiger partial charge in [0.25, 0.3) is 0 Å². The highest BCUT2D eigenvalue weighted by Gasteiger charge is 2.26. The fourth-order valence-corrected chi connectivity index (χ4v) is 2.70. The first kappa shape index (κ1) is 17.0. The van der Waals surface area contributed by atoms with Crippen LogP contribution in [0.25, 0.3) is 0 Å². The van der Waals surface area contributed by atoms with Crippen LogP contribution in [0.15, 0.2) is 47.4 Å². The number of rotatable bonds is 5. The van der Waals surface area contributed by atoms with Crippen LogP contribution in [0.2, 0.25) is 10.0 Å². The van der Waals surface area contributed by atoms with Gasteiger partial charge in [-0.25, -0.2) is 8.42 Å². The molecule has 0 amide bonds. The van der Waals surface area contributed by atoms with Gasteiger partial charge in [0.1, 0.15) is 17.4 Å². The predicted molar refractivity (Wildman–Crippen MR) is 80.4 cm³/mol. The van der Waals surface area contributed by atoms with Crippen LogP contribution in [-0.4, -0.2) is 14.2 Å². The second-order valence-corrected chi connectivity index (χ2v) is 6.99. The summed E-state index contributed by atoms with van der Waals surface area (Å²) in [5, 5.41) is 0.610. The molecular weight excluding hydrogens is 357 g/mol. The highest BCUT2D eigenvalue weighted by Crippen LogP contribution is 2.32. The molecule has 22 heavy (non-hydrogen) atoms. The van der Waals surface area contributed by atoms with Crippen LogP contribution in [0, 0.1) is 0 Å². The van der Waals surface area contributed by atoms with E-state index in [0.29, 0.717) is 16.3 Å². The topological polar surface area (TPSA) is 43.4 Å². The zero-order valence-electron chi connectivity index (χ0n) is 11.0. The molecular formula is C14H10Cl2F2O3S. The normalized spacial score (nSPS) is 11.7. The van der Waals surface area contributed by atoms with E-state index in [-0.39, 0.29) is 11.6 Å². The second kappa shape index (κ2) is 6.81. The maximum absolute atomic E-state index is 12.4. The molecule has 0 heterocycles. The molecule has 2 aromatic rings. The molecule has 2 aromatic carbocycles. The van der Waals surface area contributed by atoms with Crippen LogP contribution in [0.4, 0.5) is 8.78 Å². The van der Waals surface area contributed by atoms with E-state index in [1.165, 1.54) is 12.1 Å². The van der Waals surface area contributed by atoms with E-state index in [2.05, 4.69) is 0 Å². The van der Waals surface area contributed by atoms with Crippen molar-refractivity contribution >= 4 is 33.0 Å². The van der Waals surface area contributed by atoms with Crippen molar-refractivity contribution < 1.29 is 21.9 Å². The summed E-state index contributed by atoms with van der Waals surface area (Å²) in [6.45, 7) is 0.0923. The van der Waals surface area contributed by atoms with Crippen molar-refractivity contribution in [3.63, 3.8) is 0 Å². The van der Waals surface area contributed by atoms with Crippen LogP contribution >= 0.6 is 23.2 Å². The molecule has 118 valence electrons. The summed E-state index contributed by atoms with van der Waals surface area (Å²) in [4.78, 5) is -0.438. The van der Waals surface area contributed by atoms with E-state index < -0.39 is 20.5 Å². The smallest absolute Gasteiger partial charge is 0.341 e. The van der Waals surface area contributed by atoms with Crippen molar-refractivity contribution in [1.82, 2.24) is 0 Å². The first-order chi connectivity index (χ1) is 10.3. The molecule has 8 heteroatoms. The minimum Gasteiger partial charge on any atom is -0.487 e. The fraction of sp³-hybridized carbons (Fsp3) is 0.143. The number of ether oxygens (including phenoxy) is 1. The lowest BCUT2D eigenvalue weighted by Crippen LogP contribution is -2.11. The highest BCUT2D eigenvalue weighted by molar-refractivity contribution is 7.91. The first-order valence-electron chi connectivity index (χ1n) is 6.00. The maximum atomic E-state index is 12.4. The summed E-state index contributed by atoms with van der Waals surface area (Å²) in [5.74, 6) is -3.07. The van der Waals surface area contributed by atoms with Gasteiger partial charge in [0.15, 0.2) is 0 Å². The lowest BCUT2D eigenvalue weighted by molar-refractivity contribution is 0.234. The molecule has 0 fully saturated rings. The zero-order valence-corrected chi connectivity index (χ0v) is 13.3. The minimum absolute atomic E-state index is 0.0923. The quantitative estimate of drug-likeness (QED) is 0.778. The Morgan fingerprint density at radius 1 is 1.05 bits per heavy atom. The van der Waals surface area contributed by atoms with Crippen molar-refractivity contribution in [3.8, 4) is 5.75 Å². The molecule has 0 aliphatic rings. The summed E-state index contributed by atoms with van der Waals surface area (Å²) in [6.07, 6.45) is 0. The van der Waals surface area contributed by atoms with Crippen LogP contribution in [-0.2, 0) is 16.4 Å². The van der Waals surface area contributed by atoms with E-state index in [4.69, 9.17) is 27.9 Å². The van der Waals surface area contributed by atoms with Gasteiger partial charge in [0, 0.05) is 0 Å². The molecule has 0 spiro atoms. The average molecular weight is 367 g/mol. The Morgan fingerprint density at radius 2 is 1.68 bits per heavy atom. The van der Waals surface area contributed by atoms with Crippen molar-refractivity contribution in [2.45, 2.75) is 17.3 Å². The van der Waals surface area contributed by atoms with E-state index in [9.17, 15) is 17.2 Å². The minimum atomic E-state index is -4.59. The van der Waals surface area contributed by atoms with Crippen LogP contribution in [0.3, 0.4) is 0 Å². The summed E-state index contributed by atoms with van der Waals surface area (Å²) in [5.41, 5.74) is 0.601. The van der Waals surface area contributed by atoms with Crippen LogP contribution in [0.1, 0.15) is 5.56 Å². The SMILES string of the molecule is O=S(=O)(c1ccc(COc2cccc(Cl)c2Cl)cc1)C(F)F. The van der Waals surface area contributed by atoms with Gasteiger partial charge in [-0.15, -0.1) is 0 Å². The standard InChI is InChI=1S/C14H10Cl2F2O3S/c15-11-2-1-3-12(13(11)16)21-8-9-4-6-10(7-5-9)22(19,20)14(17)18/h1-7,14H,8H2. The lowest BCUT2D eigenvalue weighted by atomic mass is 10.2. The Balaban J connectivity index is 2.11. The molecule has 0 atom stereocenters. The molecule has 0 saturated heterocycles. The molecule has 0 N–H and O–H groups in total. The number of hydrogen-bond donors (Lipinski definition) is 0. The van der Waals surface area contributed by atoms with Gasteiger partial charge in [-0.2, -0.15) is 8.78 Å². The Kier molecular flexibility index (Phi) is 5.26. The lowest BCUT2D eigenvalue weighted by Gasteiger charge is -2.09. The molecule has 0 aliphatic carbocycles. The van der Waals surface area contributed by atoms with Crippen molar-refractivity contribution in [3.05, 3.63) is 58.1 Å². The molecule has 0 unspecified atom stereocenters. The Morgan fingerprint density at radius 3 is 2.27 bits per heavy atom. The van der Waals surface area contributed by atoms with Gasteiger partial charge in [-0.1, -0.05) is 41.4 Å². The number of hydrogen-bond acceptors (Lipinski definition) is 3. The number of halogens is 4. The van der Waals surface area contributed by atoms with Crippen LogP contribution < -0.4 is 4.74 Å². The predicted octanol–water partition coefficient (Wildman–Crippen LogP) is 4.57. The van der Waals surface area contributed by atoms with Gasteiger partial charge in [-0.05, 0) is 29.8 Å². The maximum Gasteiger partial charge on any atom is 0.341 e. The van der Waals surface area contributed by atoms with Gasteiger partial charge in [0.05, 0.1) is 9.92 Å². The summed E-state index contributed by atoms with van der Waals surface area (Å²) in [6, 6.07) is 9.92. The van der Waals surface area contributed by atoms with Crippen molar-refractivity contribution in [2.24, 2.45) is 0 Å². The second-order valence-electron chi connectivity index (χ2n) is 4.29. The van der Waals surface area contributed by atoms with Gasteiger partial charge in [0.2, 0.25) is 9.84 Å². The van der Waals surface area contributed by atoms with E-state index >= 15 is 0 Å². The van der Waals surface area contributed by atoms with Gasteiger partial charge >= 0.3 is 5.76 Å². The van der Waals surface area contributed by atoms with E-state index in [1.807, 2.05) is 0 Å². The van der Waals surface area contributed by atoms with Crippen molar-refractivity contribution in [1.29, 1.82) is 0 Å². The number of benzene rings is 2. The molecule has 2 rings (SSSR count). The van der Waals surface area contributed by atoms with Crippen molar-refractivity contribution in [2.75, 3.05) is 0 Å². The molecule has 0 bridgehead atoms. The average Bonchev–Trinajstić information content (AvgIpc) is 2.49. The third-order valence-corrected chi connectivity index (χ3v) is 5.00. The fourth-order valence-electron chi connectivity index (χ4n) is 1.63. The molecule has 0 aromatic heterocycles. The first-order valence-corrected chi connectivity index (χ1v) is 8.30. The Labute approximate surface area is 136 Å². The third kappa shape index (κ3) is 3.69. The summed E-state index contributed by atoms with van der Waals surface area (Å²) < 4.78 is 52.9. The molecule has 3 nitrogen and oxygen atoms in total.